The minimum Gasteiger partial charge on any atom is -0.312 e. The molecule has 0 radical (unpaired) electrons. The van der Waals surface area contributed by atoms with Crippen LogP contribution in [0.15, 0.2) is 10.9 Å². The fourth-order valence-corrected chi connectivity index (χ4v) is 2.29. The summed E-state index contributed by atoms with van der Waals surface area (Å²) in [5.74, 6) is 0. The van der Waals surface area contributed by atoms with Gasteiger partial charge in [0, 0.05) is 36.7 Å². The van der Waals surface area contributed by atoms with E-state index < -0.39 is 0 Å². The zero-order valence-corrected chi connectivity index (χ0v) is 11.0. The number of aromatic amines is 1. The van der Waals surface area contributed by atoms with E-state index in [0.717, 1.165) is 35.6 Å². The molecule has 2 aromatic heterocycles. The molecule has 0 atom stereocenters. The normalized spacial score (nSPS) is 15.9. The topological polar surface area (TPSA) is 62.2 Å². The second kappa shape index (κ2) is 3.68. The van der Waals surface area contributed by atoms with Crippen molar-refractivity contribution >= 4 is 5.65 Å². The lowest BCUT2D eigenvalue weighted by molar-refractivity contribution is 0.559. The molecule has 0 fully saturated rings. The van der Waals surface area contributed by atoms with Gasteiger partial charge in [-0.1, -0.05) is 20.8 Å². The highest BCUT2D eigenvalue weighted by molar-refractivity contribution is 5.43. The van der Waals surface area contributed by atoms with Gasteiger partial charge in [-0.05, 0) is 0 Å². The molecule has 0 spiro atoms. The van der Waals surface area contributed by atoms with Gasteiger partial charge in [0.05, 0.1) is 11.3 Å². The van der Waals surface area contributed by atoms with Crippen LogP contribution in [0.3, 0.4) is 0 Å². The van der Waals surface area contributed by atoms with Crippen LogP contribution in [0.5, 0.6) is 0 Å². The first-order valence-corrected chi connectivity index (χ1v) is 6.31. The van der Waals surface area contributed by atoms with Crippen molar-refractivity contribution in [1.82, 2.24) is 19.9 Å². The summed E-state index contributed by atoms with van der Waals surface area (Å²) in [6.07, 6.45) is 0.830. The molecule has 1 aliphatic heterocycles. The van der Waals surface area contributed by atoms with Gasteiger partial charge in [-0.2, -0.15) is 0 Å². The molecule has 2 N–H and O–H groups in total. The zero-order valence-electron chi connectivity index (χ0n) is 11.0. The van der Waals surface area contributed by atoms with E-state index in [-0.39, 0.29) is 11.0 Å². The van der Waals surface area contributed by atoms with E-state index in [1.165, 1.54) is 0 Å². The lowest BCUT2D eigenvalue weighted by atomic mass is 9.93. The predicted octanol–water partition coefficient (Wildman–Crippen LogP) is 0.966. The predicted molar refractivity (Wildman–Crippen MR) is 69.9 cm³/mol. The van der Waals surface area contributed by atoms with E-state index in [4.69, 9.17) is 0 Å². The fourth-order valence-electron chi connectivity index (χ4n) is 2.29. The third kappa shape index (κ3) is 1.66. The van der Waals surface area contributed by atoms with Crippen molar-refractivity contribution in [3.63, 3.8) is 0 Å². The van der Waals surface area contributed by atoms with Gasteiger partial charge in [0.1, 0.15) is 0 Å². The van der Waals surface area contributed by atoms with Crippen molar-refractivity contribution in [3.05, 3.63) is 33.4 Å². The van der Waals surface area contributed by atoms with Crippen LogP contribution in [0.4, 0.5) is 0 Å². The molecule has 3 heterocycles. The fraction of sp³-hybridized carbons (Fsp3) is 0.538. The first-order chi connectivity index (χ1) is 8.47. The summed E-state index contributed by atoms with van der Waals surface area (Å²) >= 11 is 0. The number of aromatic nitrogens is 3. The molecule has 0 saturated carbocycles. The van der Waals surface area contributed by atoms with Crippen molar-refractivity contribution < 1.29 is 0 Å². The monoisotopic (exact) mass is 246 g/mol. The molecule has 5 nitrogen and oxygen atoms in total. The van der Waals surface area contributed by atoms with E-state index in [1.807, 2.05) is 6.07 Å². The Morgan fingerprint density at radius 1 is 1.39 bits per heavy atom. The summed E-state index contributed by atoms with van der Waals surface area (Å²) < 4.78 is 1.56. The average Bonchev–Trinajstić information content (AvgIpc) is 2.73. The molecule has 0 saturated heterocycles. The van der Waals surface area contributed by atoms with Crippen LogP contribution >= 0.6 is 0 Å². The highest BCUT2D eigenvalue weighted by Crippen LogP contribution is 2.21. The maximum atomic E-state index is 12.4. The molecule has 0 aliphatic carbocycles. The molecule has 96 valence electrons. The third-order valence-electron chi connectivity index (χ3n) is 3.44. The van der Waals surface area contributed by atoms with Gasteiger partial charge in [-0.25, -0.2) is 9.50 Å². The Morgan fingerprint density at radius 3 is 2.89 bits per heavy atom. The third-order valence-corrected chi connectivity index (χ3v) is 3.44. The highest BCUT2D eigenvalue weighted by atomic mass is 16.1. The second-order valence-corrected chi connectivity index (χ2v) is 5.88. The van der Waals surface area contributed by atoms with Crippen LogP contribution in [-0.2, 0) is 18.4 Å². The van der Waals surface area contributed by atoms with Gasteiger partial charge in [0.25, 0.3) is 5.56 Å². The molecule has 0 aromatic carbocycles. The molecule has 5 heteroatoms. The molecule has 1 aliphatic rings. The molecule has 3 rings (SSSR count). The Bertz CT molecular complexity index is 660. The number of nitrogens with zero attached hydrogens (tertiary/aromatic N) is 2. The van der Waals surface area contributed by atoms with E-state index in [9.17, 15) is 4.79 Å². The van der Waals surface area contributed by atoms with E-state index in [0.29, 0.717) is 6.54 Å². The van der Waals surface area contributed by atoms with E-state index >= 15 is 0 Å². The molecule has 0 unspecified atom stereocenters. The van der Waals surface area contributed by atoms with Crippen LogP contribution in [0.1, 0.15) is 37.7 Å². The van der Waals surface area contributed by atoms with Crippen molar-refractivity contribution in [2.75, 3.05) is 6.54 Å². The van der Waals surface area contributed by atoms with Crippen LogP contribution in [-0.4, -0.2) is 21.1 Å². The Kier molecular flexibility index (Phi) is 2.35. The van der Waals surface area contributed by atoms with Crippen LogP contribution < -0.4 is 10.9 Å². The Morgan fingerprint density at radius 2 is 2.17 bits per heavy atom. The maximum Gasteiger partial charge on any atom is 0.277 e. The largest absolute Gasteiger partial charge is 0.312 e. The Balaban J connectivity index is 2.28. The molecule has 0 bridgehead atoms. The quantitative estimate of drug-likeness (QED) is 0.728. The molecular formula is C13H18N4O. The van der Waals surface area contributed by atoms with Crippen LogP contribution in [0, 0.1) is 0 Å². The SMILES string of the molecule is CC(C)(C)c1cc2nc3c(c(=O)n2[nH]1)CNCC3. The van der Waals surface area contributed by atoms with Gasteiger partial charge in [-0.15, -0.1) is 0 Å². The summed E-state index contributed by atoms with van der Waals surface area (Å²) in [5.41, 5.74) is 3.50. The Labute approximate surface area is 105 Å². The minimum atomic E-state index is -0.0150. The second-order valence-electron chi connectivity index (χ2n) is 5.88. The summed E-state index contributed by atoms with van der Waals surface area (Å²) in [6.45, 7) is 7.86. The maximum absolute atomic E-state index is 12.4. The first kappa shape index (κ1) is 11.5. The lowest BCUT2D eigenvalue weighted by Gasteiger charge is -2.15. The summed E-state index contributed by atoms with van der Waals surface area (Å²) in [5, 5.41) is 6.38. The number of rotatable bonds is 0. The number of hydrogen-bond acceptors (Lipinski definition) is 3. The average molecular weight is 246 g/mol. The van der Waals surface area contributed by atoms with E-state index in [1.54, 1.807) is 4.52 Å². The lowest BCUT2D eigenvalue weighted by Crippen LogP contribution is -2.33. The van der Waals surface area contributed by atoms with Gasteiger partial charge in [0.15, 0.2) is 5.65 Å². The number of nitrogens with one attached hydrogen (secondary N) is 2. The van der Waals surface area contributed by atoms with Crippen molar-refractivity contribution in [1.29, 1.82) is 0 Å². The molecule has 18 heavy (non-hydrogen) atoms. The van der Waals surface area contributed by atoms with Crippen molar-refractivity contribution in [3.8, 4) is 0 Å². The standard InChI is InChI=1S/C13H18N4O/c1-13(2,3)10-6-11-15-9-4-5-14-7-8(9)12(18)17(11)16-10/h6,14,16H,4-5,7H2,1-3H3. The minimum absolute atomic E-state index is 0.0150. The molecule has 2 aromatic rings. The Hall–Kier alpha value is -1.62. The van der Waals surface area contributed by atoms with E-state index in [2.05, 4.69) is 36.2 Å². The summed E-state index contributed by atoms with van der Waals surface area (Å²) in [4.78, 5) is 17.0. The van der Waals surface area contributed by atoms with Gasteiger partial charge >= 0.3 is 0 Å². The highest BCUT2D eigenvalue weighted by Gasteiger charge is 2.21. The summed E-state index contributed by atoms with van der Waals surface area (Å²) in [6, 6.07) is 1.98. The molecule has 0 amide bonds. The van der Waals surface area contributed by atoms with Gasteiger partial charge < -0.3 is 5.32 Å². The number of fused-ring (bicyclic) bond motifs is 2. The zero-order chi connectivity index (χ0) is 12.9. The van der Waals surface area contributed by atoms with Crippen molar-refractivity contribution in [2.45, 2.75) is 39.2 Å². The van der Waals surface area contributed by atoms with Crippen LogP contribution in [0.25, 0.3) is 5.65 Å². The van der Waals surface area contributed by atoms with Gasteiger partial charge in [-0.3, -0.25) is 9.89 Å². The van der Waals surface area contributed by atoms with Crippen molar-refractivity contribution in [2.24, 2.45) is 0 Å². The molecular weight excluding hydrogens is 228 g/mol. The number of hydrogen-bond donors (Lipinski definition) is 2. The van der Waals surface area contributed by atoms with Gasteiger partial charge in [0.2, 0.25) is 0 Å². The smallest absolute Gasteiger partial charge is 0.277 e. The first-order valence-electron chi connectivity index (χ1n) is 6.31. The number of H-pyrrole nitrogens is 1. The summed E-state index contributed by atoms with van der Waals surface area (Å²) in [7, 11) is 0. The van der Waals surface area contributed by atoms with Crippen LogP contribution in [0.2, 0.25) is 0 Å².